The Morgan fingerprint density at radius 1 is 1.22 bits per heavy atom. The van der Waals surface area contributed by atoms with Gasteiger partial charge in [0.15, 0.2) is 0 Å². The molecule has 0 atom stereocenters. The molecule has 0 aliphatic carbocycles. The summed E-state index contributed by atoms with van der Waals surface area (Å²) in [5.74, 6) is 0.706. The molecule has 0 radical (unpaired) electrons. The monoisotopic (exact) mass is 252 g/mol. The molecule has 4 nitrogen and oxygen atoms in total. The summed E-state index contributed by atoms with van der Waals surface area (Å²) in [5, 5.41) is 3.27. The summed E-state index contributed by atoms with van der Waals surface area (Å²) in [5.41, 5.74) is 1.09. The van der Waals surface area contributed by atoms with Crippen molar-refractivity contribution in [2.75, 3.05) is 26.4 Å². The van der Waals surface area contributed by atoms with Gasteiger partial charge in [0.2, 0.25) is 5.88 Å². The number of hydrogen-bond donors (Lipinski definition) is 1. The molecule has 1 N–H and O–H groups in total. The zero-order chi connectivity index (χ0) is 13.1. The van der Waals surface area contributed by atoms with Gasteiger partial charge in [-0.25, -0.2) is 4.98 Å². The molecule has 0 amide bonds. The molecule has 0 unspecified atom stereocenters. The van der Waals surface area contributed by atoms with Crippen LogP contribution in [-0.4, -0.2) is 31.3 Å². The second-order valence-electron chi connectivity index (χ2n) is 4.06. The van der Waals surface area contributed by atoms with Gasteiger partial charge in [0.1, 0.15) is 6.61 Å². The Kier molecular flexibility index (Phi) is 8.17. The van der Waals surface area contributed by atoms with E-state index in [0.717, 1.165) is 38.1 Å². The zero-order valence-corrected chi connectivity index (χ0v) is 11.4. The summed E-state index contributed by atoms with van der Waals surface area (Å²) in [6, 6.07) is 3.96. The van der Waals surface area contributed by atoms with Crippen LogP contribution in [-0.2, 0) is 11.3 Å². The molecular formula is C14H24N2O2. The molecule has 0 aliphatic heterocycles. The molecule has 0 bridgehead atoms. The van der Waals surface area contributed by atoms with Crippen LogP contribution in [0, 0.1) is 0 Å². The van der Waals surface area contributed by atoms with Gasteiger partial charge in [-0.2, -0.15) is 0 Å². The second-order valence-corrected chi connectivity index (χ2v) is 4.06. The van der Waals surface area contributed by atoms with Gasteiger partial charge in [0.05, 0.1) is 6.61 Å². The average molecular weight is 252 g/mol. The van der Waals surface area contributed by atoms with E-state index in [-0.39, 0.29) is 0 Å². The van der Waals surface area contributed by atoms with Gasteiger partial charge in [-0.3, -0.25) is 0 Å². The first-order valence-corrected chi connectivity index (χ1v) is 6.73. The number of pyridine rings is 1. The molecule has 18 heavy (non-hydrogen) atoms. The highest BCUT2D eigenvalue weighted by Crippen LogP contribution is 2.13. The molecule has 1 aromatic rings. The minimum atomic E-state index is 0.555. The van der Waals surface area contributed by atoms with Crippen molar-refractivity contribution in [1.29, 1.82) is 0 Å². The van der Waals surface area contributed by atoms with Gasteiger partial charge < -0.3 is 14.8 Å². The SMILES string of the molecule is CCCCOCCOc1ncccc1CNCC. The Morgan fingerprint density at radius 2 is 2.11 bits per heavy atom. The van der Waals surface area contributed by atoms with E-state index >= 15 is 0 Å². The molecule has 102 valence electrons. The van der Waals surface area contributed by atoms with E-state index in [0.29, 0.717) is 19.1 Å². The fraction of sp³-hybridized carbons (Fsp3) is 0.643. The smallest absolute Gasteiger partial charge is 0.217 e. The molecule has 1 rings (SSSR count). The van der Waals surface area contributed by atoms with E-state index in [1.807, 2.05) is 12.1 Å². The van der Waals surface area contributed by atoms with Crippen molar-refractivity contribution in [3.05, 3.63) is 23.9 Å². The Balaban J connectivity index is 2.27. The Morgan fingerprint density at radius 3 is 2.89 bits per heavy atom. The molecule has 4 heteroatoms. The molecule has 0 saturated carbocycles. The Bertz CT molecular complexity index is 318. The third-order valence-corrected chi connectivity index (χ3v) is 2.52. The summed E-state index contributed by atoms with van der Waals surface area (Å²) in [6.07, 6.45) is 4.02. The van der Waals surface area contributed by atoms with E-state index < -0.39 is 0 Å². The third-order valence-electron chi connectivity index (χ3n) is 2.52. The van der Waals surface area contributed by atoms with Crippen LogP contribution in [0.3, 0.4) is 0 Å². The highest BCUT2D eigenvalue weighted by atomic mass is 16.5. The molecule has 0 fully saturated rings. The van der Waals surface area contributed by atoms with Crippen molar-refractivity contribution in [3.63, 3.8) is 0 Å². The number of unbranched alkanes of at least 4 members (excludes halogenated alkanes) is 1. The molecule has 0 spiro atoms. The number of aromatic nitrogens is 1. The van der Waals surface area contributed by atoms with Crippen molar-refractivity contribution in [3.8, 4) is 5.88 Å². The average Bonchev–Trinajstić information content (AvgIpc) is 2.41. The number of ether oxygens (including phenoxy) is 2. The van der Waals surface area contributed by atoms with Crippen LogP contribution in [0.5, 0.6) is 5.88 Å². The summed E-state index contributed by atoms with van der Waals surface area (Å²) < 4.78 is 11.1. The fourth-order valence-corrected chi connectivity index (χ4v) is 1.49. The quantitative estimate of drug-likeness (QED) is 0.649. The van der Waals surface area contributed by atoms with Crippen LogP contribution in [0.2, 0.25) is 0 Å². The first kappa shape index (κ1) is 14.9. The minimum absolute atomic E-state index is 0.555. The molecule has 0 aromatic carbocycles. The maximum absolute atomic E-state index is 5.64. The van der Waals surface area contributed by atoms with E-state index in [4.69, 9.17) is 9.47 Å². The summed E-state index contributed by atoms with van der Waals surface area (Å²) in [4.78, 5) is 4.25. The van der Waals surface area contributed by atoms with E-state index in [1.165, 1.54) is 0 Å². The molecule has 1 heterocycles. The standard InChI is InChI=1S/C14H24N2O2/c1-3-5-9-17-10-11-18-14-13(12-15-4-2)7-6-8-16-14/h6-8,15H,3-5,9-12H2,1-2H3. The van der Waals surface area contributed by atoms with Crippen molar-refractivity contribution in [1.82, 2.24) is 10.3 Å². The lowest BCUT2D eigenvalue weighted by molar-refractivity contribution is 0.0961. The van der Waals surface area contributed by atoms with Crippen molar-refractivity contribution >= 4 is 0 Å². The van der Waals surface area contributed by atoms with Crippen LogP contribution in [0.25, 0.3) is 0 Å². The highest BCUT2D eigenvalue weighted by Gasteiger charge is 2.03. The van der Waals surface area contributed by atoms with Gasteiger partial charge in [-0.05, 0) is 19.0 Å². The Labute approximate surface area is 110 Å². The first-order valence-electron chi connectivity index (χ1n) is 6.73. The Hall–Kier alpha value is -1.13. The molecule has 1 aromatic heterocycles. The third kappa shape index (κ3) is 5.98. The summed E-state index contributed by atoms with van der Waals surface area (Å²) >= 11 is 0. The van der Waals surface area contributed by atoms with Gasteiger partial charge in [-0.1, -0.05) is 26.3 Å². The molecular weight excluding hydrogens is 228 g/mol. The topological polar surface area (TPSA) is 43.4 Å². The van der Waals surface area contributed by atoms with Gasteiger partial charge in [0.25, 0.3) is 0 Å². The van der Waals surface area contributed by atoms with Crippen molar-refractivity contribution < 1.29 is 9.47 Å². The number of nitrogens with zero attached hydrogens (tertiary/aromatic N) is 1. The lowest BCUT2D eigenvalue weighted by atomic mass is 10.2. The van der Waals surface area contributed by atoms with Crippen molar-refractivity contribution in [2.45, 2.75) is 33.2 Å². The van der Waals surface area contributed by atoms with Crippen LogP contribution in [0.1, 0.15) is 32.3 Å². The van der Waals surface area contributed by atoms with Crippen molar-refractivity contribution in [2.24, 2.45) is 0 Å². The van der Waals surface area contributed by atoms with E-state index in [9.17, 15) is 0 Å². The second kappa shape index (κ2) is 9.85. The predicted molar refractivity (Wildman–Crippen MR) is 72.8 cm³/mol. The number of nitrogens with one attached hydrogen (secondary N) is 1. The number of rotatable bonds is 10. The van der Waals surface area contributed by atoms with Gasteiger partial charge >= 0.3 is 0 Å². The van der Waals surface area contributed by atoms with Crippen LogP contribution >= 0.6 is 0 Å². The summed E-state index contributed by atoms with van der Waals surface area (Å²) in [7, 11) is 0. The fourth-order valence-electron chi connectivity index (χ4n) is 1.49. The highest BCUT2D eigenvalue weighted by molar-refractivity contribution is 5.25. The normalized spacial score (nSPS) is 10.6. The van der Waals surface area contributed by atoms with E-state index in [1.54, 1.807) is 6.20 Å². The summed E-state index contributed by atoms with van der Waals surface area (Å²) in [6.45, 7) is 7.95. The zero-order valence-electron chi connectivity index (χ0n) is 11.4. The van der Waals surface area contributed by atoms with Crippen LogP contribution in [0.4, 0.5) is 0 Å². The maximum atomic E-state index is 5.64. The maximum Gasteiger partial charge on any atom is 0.217 e. The first-order chi connectivity index (χ1) is 8.88. The molecule has 0 aliphatic rings. The van der Waals surface area contributed by atoms with E-state index in [2.05, 4.69) is 24.1 Å². The lowest BCUT2D eigenvalue weighted by Crippen LogP contribution is -2.14. The largest absolute Gasteiger partial charge is 0.475 e. The lowest BCUT2D eigenvalue weighted by Gasteiger charge is -2.10. The molecule has 0 saturated heterocycles. The van der Waals surface area contributed by atoms with Gasteiger partial charge in [-0.15, -0.1) is 0 Å². The van der Waals surface area contributed by atoms with Crippen LogP contribution in [0.15, 0.2) is 18.3 Å². The predicted octanol–water partition coefficient (Wildman–Crippen LogP) is 2.39. The van der Waals surface area contributed by atoms with Crippen LogP contribution < -0.4 is 10.1 Å². The minimum Gasteiger partial charge on any atom is -0.475 e. The van der Waals surface area contributed by atoms with Gasteiger partial charge in [0, 0.05) is 24.9 Å². The number of hydrogen-bond acceptors (Lipinski definition) is 4.